The Kier molecular flexibility index (Phi) is 4.01. The summed E-state index contributed by atoms with van der Waals surface area (Å²) >= 11 is 1.65. The molecular formula is C14H18N2OS. The fourth-order valence-electron chi connectivity index (χ4n) is 1.99. The lowest BCUT2D eigenvalue weighted by Gasteiger charge is -2.17. The van der Waals surface area contributed by atoms with Gasteiger partial charge in [0.15, 0.2) is 0 Å². The Labute approximate surface area is 112 Å². The molecule has 3 nitrogen and oxygen atoms in total. The summed E-state index contributed by atoms with van der Waals surface area (Å²) in [4.78, 5) is 1.16. The van der Waals surface area contributed by atoms with E-state index in [1.54, 1.807) is 18.4 Å². The van der Waals surface area contributed by atoms with Crippen LogP contribution >= 0.6 is 11.3 Å². The van der Waals surface area contributed by atoms with Gasteiger partial charge >= 0.3 is 0 Å². The number of benzene rings is 1. The van der Waals surface area contributed by atoms with Crippen molar-refractivity contribution in [1.29, 1.82) is 0 Å². The van der Waals surface area contributed by atoms with Crippen molar-refractivity contribution in [1.82, 2.24) is 5.43 Å². The second kappa shape index (κ2) is 5.52. The second-order valence-electron chi connectivity index (χ2n) is 4.35. The highest BCUT2D eigenvalue weighted by Gasteiger charge is 2.17. The van der Waals surface area contributed by atoms with E-state index in [0.29, 0.717) is 0 Å². The van der Waals surface area contributed by atoms with Gasteiger partial charge in [0.2, 0.25) is 0 Å². The zero-order valence-electron chi connectivity index (χ0n) is 10.9. The molecule has 1 aromatic carbocycles. The van der Waals surface area contributed by atoms with Crippen LogP contribution in [0, 0.1) is 13.8 Å². The Bertz CT molecular complexity index is 536. The molecule has 1 atom stereocenters. The molecule has 0 aliphatic heterocycles. The number of nitrogens with two attached hydrogens (primary N) is 1. The molecule has 18 heavy (non-hydrogen) atoms. The first-order chi connectivity index (χ1) is 8.65. The summed E-state index contributed by atoms with van der Waals surface area (Å²) in [5.74, 6) is 6.60. The van der Waals surface area contributed by atoms with Gasteiger partial charge in [-0.15, -0.1) is 11.3 Å². The summed E-state index contributed by atoms with van der Waals surface area (Å²) in [6.07, 6.45) is 0. The topological polar surface area (TPSA) is 47.3 Å². The van der Waals surface area contributed by atoms with Crippen LogP contribution in [0.5, 0.6) is 5.75 Å². The number of hydrazine groups is 1. The minimum Gasteiger partial charge on any atom is -0.496 e. The number of hydrogen-bond donors (Lipinski definition) is 2. The lowest BCUT2D eigenvalue weighted by atomic mass is 9.98. The van der Waals surface area contributed by atoms with E-state index in [4.69, 9.17) is 10.6 Å². The number of thiophene rings is 1. The highest BCUT2D eigenvalue weighted by atomic mass is 32.1. The zero-order valence-corrected chi connectivity index (χ0v) is 11.7. The zero-order chi connectivity index (χ0) is 13.1. The number of rotatable bonds is 4. The molecule has 0 radical (unpaired) electrons. The SMILES string of the molecule is COc1csc(C(NN)c2cc(C)ccc2C)c1. The van der Waals surface area contributed by atoms with E-state index in [1.165, 1.54) is 16.7 Å². The third-order valence-corrected chi connectivity index (χ3v) is 4.00. The molecule has 0 amide bonds. The maximum Gasteiger partial charge on any atom is 0.129 e. The molecule has 4 heteroatoms. The standard InChI is InChI=1S/C14H18N2OS/c1-9-4-5-10(2)12(6-9)14(16-15)13-7-11(17-3)8-18-13/h4-8,14,16H,15H2,1-3H3. The van der Waals surface area contributed by atoms with Crippen LogP contribution in [-0.4, -0.2) is 7.11 Å². The van der Waals surface area contributed by atoms with Crippen molar-refractivity contribution in [2.24, 2.45) is 5.84 Å². The van der Waals surface area contributed by atoms with E-state index in [2.05, 4.69) is 37.5 Å². The fourth-order valence-corrected chi connectivity index (χ4v) is 2.92. The number of nitrogens with one attached hydrogen (secondary N) is 1. The van der Waals surface area contributed by atoms with Gasteiger partial charge in [-0.05, 0) is 31.0 Å². The molecular weight excluding hydrogens is 244 g/mol. The average Bonchev–Trinajstić information content (AvgIpc) is 2.83. The molecule has 0 fully saturated rings. The molecule has 0 saturated heterocycles. The predicted molar refractivity (Wildman–Crippen MR) is 76.0 cm³/mol. The Hall–Kier alpha value is -1.36. The summed E-state index contributed by atoms with van der Waals surface area (Å²) in [5, 5.41) is 1.99. The van der Waals surface area contributed by atoms with Crippen LogP contribution in [0.3, 0.4) is 0 Å². The van der Waals surface area contributed by atoms with Crippen molar-refractivity contribution in [2.45, 2.75) is 19.9 Å². The van der Waals surface area contributed by atoms with Gasteiger partial charge < -0.3 is 4.74 Å². The summed E-state index contributed by atoms with van der Waals surface area (Å²) in [7, 11) is 1.68. The van der Waals surface area contributed by atoms with Crippen LogP contribution in [0.15, 0.2) is 29.6 Å². The lowest BCUT2D eigenvalue weighted by molar-refractivity contribution is 0.416. The molecule has 96 valence electrons. The largest absolute Gasteiger partial charge is 0.496 e. The molecule has 2 rings (SSSR count). The lowest BCUT2D eigenvalue weighted by Crippen LogP contribution is -2.28. The third kappa shape index (κ3) is 2.56. The monoisotopic (exact) mass is 262 g/mol. The summed E-state index contributed by atoms with van der Waals surface area (Å²) in [6, 6.07) is 8.45. The van der Waals surface area contributed by atoms with E-state index >= 15 is 0 Å². The van der Waals surface area contributed by atoms with Crippen molar-refractivity contribution >= 4 is 11.3 Å². The van der Waals surface area contributed by atoms with Crippen LogP contribution in [0.2, 0.25) is 0 Å². The number of hydrogen-bond acceptors (Lipinski definition) is 4. The molecule has 0 saturated carbocycles. The van der Waals surface area contributed by atoms with Crippen LogP contribution < -0.4 is 16.0 Å². The molecule has 2 aromatic rings. The summed E-state index contributed by atoms with van der Waals surface area (Å²) in [5.41, 5.74) is 6.57. The normalized spacial score (nSPS) is 12.4. The van der Waals surface area contributed by atoms with Crippen molar-refractivity contribution in [3.05, 3.63) is 51.2 Å². The minimum atomic E-state index is 0.0128. The van der Waals surface area contributed by atoms with Gasteiger partial charge in [-0.3, -0.25) is 5.84 Å². The van der Waals surface area contributed by atoms with E-state index in [-0.39, 0.29) is 6.04 Å². The van der Waals surface area contributed by atoms with E-state index in [0.717, 1.165) is 10.6 Å². The quantitative estimate of drug-likeness (QED) is 0.658. The van der Waals surface area contributed by atoms with Gasteiger partial charge in [-0.1, -0.05) is 23.8 Å². The van der Waals surface area contributed by atoms with Crippen LogP contribution in [0.4, 0.5) is 0 Å². The van der Waals surface area contributed by atoms with Gasteiger partial charge in [0, 0.05) is 10.3 Å². The summed E-state index contributed by atoms with van der Waals surface area (Å²) in [6.45, 7) is 4.19. The molecule has 1 unspecified atom stereocenters. The van der Waals surface area contributed by atoms with Gasteiger partial charge in [0.1, 0.15) is 5.75 Å². The van der Waals surface area contributed by atoms with Crippen molar-refractivity contribution in [3.63, 3.8) is 0 Å². The number of ether oxygens (including phenoxy) is 1. The van der Waals surface area contributed by atoms with Crippen molar-refractivity contribution < 1.29 is 4.74 Å². The highest BCUT2D eigenvalue weighted by Crippen LogP contribution is 2.32. The van der Waals surface area contributed by atoms with Gasteiger partial charge in [-0.2, -0.15) is 0 Å². The number of aryl methyl sites for hydroxylation is 2. The Balaban J connectivity index is 2.41. The molecule has 0 aliphatic carbocycles. The molecule has 0 spiro atoms. The minimum absolute atomic E-state index is 0.0128. The third-order valence-electron chi connectivity index (χ3n) is 3.03. The van der Waals surface area contributed by atoms with E-state index in [1.807, 2.05) is 11.4 Å². The van der Waals surface area contributed by atoms with E-state index < -0.39 is 0 Å². The first-order valence-corrected chi connectivity index (χ1v) is 6.69. The Morgan fingerprint density at radius 3 is 2.67 bits per heavy atom. The number of methoxy groups -OCH3 is 1. The highest BCUT2D eigenvalue weighted by molar-refractivity contribution is 7.10. The molecule has 1 heterocycles. The molecule has 3 N–H and O–H groups in total. The average molecular weight is 262 g/mol. The van der Waals surface area contributed by atoms with Crippen LogP contribution in [0.25, 0.3) is 0 Å². The summed E-state index contributed by atoms with van der Waals surface area (Å²) < 4.78 is 5.22. The van der Waals surface area contributed by atoms with Crippen LogP contribution in [0.1, 0.15) is 27.6 Å². The van der Waals surface area contributed by atoms with Gasteiger partial charge in [0.05, 0.1) is 13.2 Å². The Morgan fingerprint density at radius 2 is 2.06 bits per heavy atom. The predicted octanol–water partition coefficient (Wildman–Crippen LogP) is 2.93. The van der Waals surface area contributed by atoms with Gasteiger partial charge in [0.25, 0.3) is 0 Å². The van der Waals surface area contributed by atoms with Gasteiger partial charge in [-0.25, -0.2) is 5.43 Å². The fraction of sp³-hybridized carbons (Fsp3) is 0.286. The van der Waals surface area contributed by atoms with Crippen LogP contribution in [-0.2, 0) is 0 Å². The van der Waals surface area contributed by atoms with Crippen molar-refractivity contribution in [3.8, 4) is 5.75 Å². The second-order valence-corrected chi connectivity index (χ2v) is 5.29. The maximum absolute atomic E-state index is 5.72. The van der Waals surface area contributed by atoms with Crippen molar-refractivity contribution in [2.75, 3.05) is 7.11 Å². The maximum atomic E-state index is 5.72. The Morgan fingerprint density at radius 1 is 1.28 bits per heavy atom. The first-order valence-electron chi connectivity index (χ1n) is 5.81. The smallest absolute Gasteiger partial charge is 0.129 e. The molecule has 1 aromatic heterocycles. The van der Waals surface area contributed by atoms with E-state index in [9.17, 15) is 0 Å². The molecule has 0 aliphatic rings. The molecule has 0 bridgehead atoms. The first kappa shape index (κ1) is 13.1.